The fraction of sp³-hybridized carbons (Fsp3) is 0.400. The second kappa shape index (κ2) is 4.74. The van der Waals surface area contributed by atoms with E-state index in [4.69, 9.17) is 5.11 Å². The van der Waals surface area contributed by atoms with E-state index in [1.807, 2.05) is 0 Å². The van der Waals surface area contributed by atoms with Crippen LogP contribution in [-0.4, -0.2) is 17.5 Å². The van der Waals surface area contributed by atoms with Crippen LogP contribution in [0.3, 0.4) is 0 Å². The normalized spacial score (nSPS) is 13.9. The van der Waals surface area contributed by atoms with Crippen molar-refractivity contribution >= 4 is 0 Å². The van der Waals surface area contributed by atoms with Crippen LogP contribution in [0.25, 0.3) is 0 Å². The summed E-state index contributed by atoms with van der Waals surface area (Å²) in [6.07, 6.45) is -16.9. The van der Waals surface area contributed by atoms with E-state index in [2.05, 4.69) is 0 Å². The maximum atomic E-state index is 12.4. The van der Waals surface area contributed by atoms with Gasteiger partial charge < -0.3 is 5.11 Å². The molecule has 10 heteroatoms. The number of halogens is 9. The van der Waals surface area contributed by atoms with Gasteiger partial charge in [0.25, 0.3) is 0 Å². The summed E-state index contributed by atoms with van der Waals surface area (Å²) in [6.45, 7) is 0. The molecular weight excluding hydrogens is 307 g/mol. The summed E-state index contributed by atoms with van der Waals surface area (Å²) in [5.41, 5.74) is -3.52. The highest BCUT2D eigenvalue weighted by Crippen LogP contribution is 2.48. The first-order valence-electron chi connectivity index (χ1n) is 4.77. The Morgan fingerprint density at radius 1 is 0.750 bits per heavy atom. The fourth-order valence-corrected chi connectivity index (χ4v) is 1.53. The van der Waals surface area contributed by atoms with Crippen LogP contribution < -0.4 is 0 Å². The largest absolute Gasteiger partial charge is 0.508 e. The Balaban J connectivity index is 3.47. The SMILES string of the molecule is Oc1cc(C(C(F)(F)F)C(F)(F)F)cc(C(F)(F)F)c1. The first-order valence-corrected chi connectivity index (χ1v) is 4.77. The highest BCUT2D eigenvalue weighted by atomic mass is 19.4. The zero-order chi connectivity index (χ0) is 15.9. The summed E-state index contributed by atoms with van der Waals surface area (Å²) < 4.78 is 111. The van der Waals surface area contributed by atoms with Gasteiger partial charge in [0.1, 0.15) is 5.75 Å². The summed E-state index contributed by atoms with van der Waals surface area (Å²) in [5.74, 6) is -5.45. The molecule has 0 atom stereocenters. The summed E-state index contributed by atoms with van der Waals surface area (Å²) in [5, 5.41) is 8.90. The lowest BCUT2D eigenvalue weighted by Crippen LogP contribution is -2.34. The fourth-order valence-electron chi connectivity index (χ4n) is 1.53. The number of hydrogen-bond acceptors (Lipinski definition) is 1. The molecule has 0 saturated heterocycles. The quantitative estimate of drug-likeness (QED) is 0.750. The highest BCUT2D eigenvalue weighted by Gasteiger charge is 2.57. The minimum absolute atomic E-state index is 0.000880. The summed E-state index contributed by atoms with van der Waals surface area (Å²) >= 11 is 0. The van der Waals surface area contributed by atoms with Gasteiger partial charge in [-0.1, -0.05) is 0 Å². The topological polar surface area (TPSA) is 20.2 Å². The van der Waals surface area contributed by atoms with Crippen molar-refractivity contribution in [2.24, 2.45) is 0 Å². The number of hydrogen-bond donors (Lipinski definition) is 1. The van der Waals surface area contributed by atoms with Gasteiger partial charge >= 0.3 is 18.5 Å². The number of alkyl halides is 9. The van der Waals surface area contributed by atoms with Gasteiger partial charge in [-0.25, -0.2) is 0 Å². The van der Waals surface area contributed by atoms with Gasteiger partial charge in [0.05, 0.1) is 5.56 Å². The summed E-state index contributed by atoms with van der Waals surface area (Å²) in [7, 11) is 0. The molecule has 0 heterocycles. The van der Waals surface area contributed by atoms with E-state index >= 15 is 0 Å². The maximum absolute atomic E-state index is 12.4. The molecule has 0 fully saturated rings. The molecule has 1 aromatic carbocycles. The van der Waals surface area contributed by atoms with Crippen molar-refractivity contribution in [1.82, 2.24) is 0 Å². The molecule has 20 heavy (non-hydrogen) atoms. The third-order valence-electron chi connectivity index (χ3n) is 2.26. The van der Waals surface area contributed by atoms with E-state index in [1.54, 1.807) is 0 Å². The molecule has 0 saturated carbocycles. The Morgan fingerprint density at radius 2 is 1.20 bits per heavy atom. The van der Waals surface area contributed by atoms with E-state index in [0.717, 1.165) is 0 Å². The number of phenols is 1. The van der Waals surface area contributed by atoms with E-state index in [0.29, 0.717) is 0 Å². The van der Waals surface area contributed by atoms with Crippen molar-refractivity contribution in [3.63, 3.8) is 0 Å². The van der Waals surface area contributed by atoms with Gasteiger partial charge in [-0.2, -0.15) is 39.5 Å². The monoisotopic (exact) mass is 312 g/mol. The lowest BCUT2D eigenvalue weighted by atomic mass is 9.95. The Morgan fingerprint density at radius 3 is 1.55 bits per heavy atom. The van der Waals surface area contributed by atoms with Gasteiger partial charge in [0.2, 0.25) is 0 Å². The third-order valence-corrected chi connectivity index (χ3v) is 2.26. The van der Waals surface area contributed by atoms with E-state index in [9.17, 15) is 39.5 Å². The third kappa shape index (κ3) is 3.70. The van der Waals surface area contributed by atoms with Gasteiger partial charge in [-0.05, 0) is 23.8 Å². The lowest BCUT2D eigenvalue weighted by Gasteiger charge is -2.24. The molecule has 0 aromatic heterocycles. The van der Waals surface area contributed by atoms with E-state index in [1.165, 1.54) is 0 Å². The zero-order valence-electron chi connectivity index (χ0n) is 9.16. The minimum atomic E-state index is -5.84. The van der Waals surface area contributed by atoms with Crippen LogP contribution in [0, 0.1) is 0 Å². The van der Waals surface area contributed by atoms with Crippen LogP contribution >= 0.6 is 0 Å². The summed E-state index contributed by atoms with van der Waals surface area (Å²) in [6, 6.07) is -0.250. The average molecular weight is 312 g/mol. The zero-order valence-corrected chi connectivity index (χ0v) is 9.16. The van der Waals surface area contributed by atoms with Gasteiger partial charge in [0.15, 0.2) is 5.92 Å². The van der Waals surface area contributed by atoms with E-state index < -0.39 is 41.3 Å². The summed E-state index contributed by atoms with van der Waals surface area (Å²) in [4.78, 5) is 0. The van der Waals surface area contributed by atoms with Gasteiger partial charge in [-0.3, -0.25) is 0 Å². The van der Waals surface area contributed by atoms with Crippen molar-refractivity contribution in [3.8, 4) is 5.75 Å². The van der Waals surface area contributed by atoms with E-state index in [-0.39, 0.29) is 18.2 Å². The molecule has 1 rings (SSSR count). The van der Waals surface area contributed by atoms with Crippen LogP contribution in [0.4, 0.5) is 39.5 Å². The Bertz CT molecular complexity index is 469. The van der Waals surface area contributed by atoms with Gasteiger partial charge in [-0.15, -0.1) is 0 Å². The highest BCUT2D eigenvalue weighted by molar-refractivity contribution is 5.38. The molecule has 1 aromatic rings. The number of aromatic hydroxyl groups is 1. The number of phenolic OH excluding ortho intramolecular Hbond substituents is 1. The van der Waals surface area contributed by atoms with Crippen LogP contribution in [0.1, 0.15) is 17.0 Å². The molecule has 1 nitrogen and oxygen atoms in total. The average Bonchev–Trinajstić information content (AvgIpc) is 2.09. The molecule has 0 radical (unpaired) electrons. The van der Waals surface area contributed by atoms with Crippen molar-refractivity contribution in [3.05, 3.63) is 29.3 Å². The minimum Gasteiger partial charge on any atom is -0.508 e. The Kier molecular flexibility index (Phi) is 3.90. The second-order valence-electron chi connectivity index (χ2n) is 3.83. The van der Waals surface area contributed by atoms with Crippen LogP contribution in [0.2, 0.25) is 0 Å². The molecule has 0 unspecified atom stereocenters. The van der Waals surface area contributed by atoms with Crippen molar-refractivity contribution < 1.29 is 44.6 Å². The molecule has 0 spiro atoms. The first-order chi connectivity index (χ1) is 8.73. The van der Waals surface area contributed by atoms with Crippen molar-refractivity contribution in [1.29, 1.82) is 0 Å². The van der Waals surface area contributed by atoms with Crippen molar-refractivity contribution in [2.45, 2.75) is 24.4 Å². The molecule has 0 aliphatic carbocycles. The second-order valence-corrected chi connectivity index (χ2v) is 3.83. The van der Waals surface area contributed by atoms with Gasteiger partial charge in [0, 0.05) is 0 Å². The van der Waals surface area contributed by atoms with Crippen LogP contribution in [0.15, 0.2) is 18.2 Å². The maximum Gasteiger partial charge on any atom is 0.416 e. The van der Waals surface area contributed by atoms with Crippen LogP contribution in [-0.2, 0) is 6.18 Å². The predicted molar refractivity (Wildman–Crippen MR) is 48.0 cm³/mol. The number of benzene rings is 1. The molecule has 0 amide bonds. The molecule has 0 bridgehead atoms. The molecule has 114 valence electrons. The molecule has 0 aliphatic heterocycles. The molecular formula is C10H5F9O. The predicted octanol–water partition coefficient (Wildman–Crippen LogP) is 4.62. The first kappa shape index (κ1) is 16.4. The Labute approximate surface area is 105 Å². The number of rotatable bonds is 1. The van der Waals surface area contributed by atoms with Crippen LogP contribution in [0.5, 0.6) is 5.75 Å². The lowest BCUT2D eigenvalue weighted by molar-refractivity contribution is -0.253. The van der Waals surface area contributed by atoms with Crippen molar-refractivity contribution in [2.75, 3.05) is 0 Å². The smallest absolute Gasteiger partial charge is 0.416 e. The molecule has 1 N–H and O–H groups in total. The standard InChI is InChI=1S/C10H5F9O/c11-8(12,13)5-1-4(2-6(20)3-5)7(9(14,15)16)10(17,18)19/h1-3,7,20H. The molecule has 0 aliphatic rings. The Hall–Kier alpha value is -1.61.